The maximum atomic E-state index is 13.2. The first kappa shape index (κ1) is 16.7. The molecule has 0 aliphatic rings. The summed E-state index contributed by atoms with van der Waals surface area (Å²) in [6.45, 7) is 0.324. The minimum Gasteiger partial charge on any atom is -0.481 e. The normalized spacial score (nSPS) is 10.3. The third kappa shape index (κ3) is 6.72. The summed E-state index contributed by atoms with van der Waals surface area (Å²) in [5.74, 6) is -0.479. The number of thioether (sulfide) groups is 1. The van der Waals surface area contributed by atoms with E-state index in [4.69, 9.17) is 9.84 Å². The number of nitrogens with one attached hydrogen (secondary N) is 1. The van der Waals surface area contributed by atoms with Gasteiger partial charge in [0.1, 0.15) is 5.82 Å². The molecule has 0 aliphatic carbocycles. The Morgan fingerprint density at radius 1 is 1.35 bits per heavy atom. The summed E-state index contributed by atoms with van der Waals surface area (Å²) in [4.78, 5) is 11.4. The number of aliphatic hydroxyl groups is 1. The van der Waals surface area contributed by atoms with Crippen LogP contribution in [0.1, 0.15) is 6.42 Å². The lowest BCUT2D eigenvalue weighted by atomic mass is 10.3. The van der Waals surface area contributed by atoms with Crippen LogP contribution in [0.5, 0.6) is 5.75 Å². The van der Waals surface area contributed by atoms with Gasteiger partial charge >= 0.3 is 0 Å². The van der Waals surface area contributed by atoms with E-state index in [1.807, 2.05) is 0 Å². The molecular weight excluding hydrogens is 288 g/mol. The van der Waals surface area contributed by atoms with Crippen LogP contribution in [-0.2, 0) is 4.79 Å². The van der Waals surface area contributed by atoms with E-state index in [-0.39, 0.29) is 24.9 Å². The number of carbonyl (C=O) groups excluding carboxylic acids is 1. The molecule has 0 spiro atoms. The summed E-state index contributed by atoms with van der Waals surface area (Å²) in [6.07, 6.45) is 0.728. The van der Waals surface area contributed by atoms with E-state index in [1.165, 1.54) is 0 Å². The smallest absolute Gasteiger partial charge is 0.257 e. The van der Waals surface area contributed by atoms with Crippen molar-refractivity contribution in [1.82, 2.24) is 5.32 Å². The van der Waals surface area contributed by atoms with E-state index in [9.17, 15) is 13.6 Å². The topological polar surface area (TPSA) is 58.6 Å². The Kier molecular flexibility index (Phi) is 7.98. The number of amides is 1. The van der Waals surface area contributed by atoms with Gasteiger partial charge in [0.15, 0.2) is 18.2 Å². The van der Waals surface area contributed by atoms with Gasteiger partial charge in [0, 0.05) is 25.0 Å². The number of benzene rings is 1. The second-order valence-corrected chi connectivity index (χ2v) is 5.13. The SMILES string of the molecule is O=C(COc1ccc(F)cc1F)NCCSCCCO. The summed E-state index contributed by atoms with van der Waals surface area (Å²) in [5.41, 5.74) is 0. The minimum absolute atomic E-state index is 0.154. The standard InChI is InChI=1S/C13H17F2NO3S/c14-10-2-3-12(11(15)8-10)19-9-13(18)16-4-7-20-6-1-5-17/h2-3,8,17H,1,4-7,9H2,(H,16,18). The quantitative estimate of drug-likeness (QED) is 0.680. The first-order valence-corrected chi connectivity index (χ1v) is 7.32. The largest absolute Gasteiger partial charge is 0.481 e. The van der Waals surface area contributed by atoms with E-state index < -0.39 is 11.6 Å². The van der Waals surface area contributed by atoms with Crippen molar-refractivity contribution in [2.45, 2.75) is 6.42 Å². The van der Waals surface area contributed by atoms with Crippen molar-refractivity contribution >= 4 is 17.7 Å². The third-order valence-electron chi connectivity index (χ3n) is 2.27. The van der Waals surface area contributed by atoms with E-state index >= 15 is 0 Å². The molecule has 0 unspecified atom stereocenters. The zero-order valence-electron chi connectivity index (χ0n) is 10.9. The summed E-state index contributed by atoms with van der Waals surface area (Å²) >= 11 is 1.62. The summed E-state index contributed by atoms with van der Waals surface area (Å²) < 4.78 is 30.8. The van der Waals surface area contributed by atoms with Crippen LogP contribution in [0.15, 0.2) is 18.2 Å². The van der Waals surface area contributed by atoms with Crippen molar-refractivity contribution in [1.29, 1.82) is 0 Å². The van der Waals surface area contributed by atoms with E-state index in [2.05, 4.69) is 5.32 Å². The van der Waals surface area contributed by atoms with Gasteiger partial charge in [-0.2, -0.15) is 11.8 Å². The lowest BCUT2D eigenvalue weighted by Crippen LogP contribution is -2.30. The van der Waals surface area contributed by atoms with Gasteiger partial charge in [-0.25, -0.2) is 8.78 Å². The fourth-order valence-electron chi connectivity index (χ4n) is 1.32. The monoisotopic (exact) mass is 305 g/mol. The average molecular weight is 305 g/mol. The molecule has 0 saturated heterocycles. The molecule has 0 saturated carbocycles. The second-order valence-electron chi connectivity index (χ2n) is 3.90. The van der Waals surface area contributed by atoms with Crippen molar-refractivity contribution in [3.63, 3.8) is 0 Å². The molecule has 0 aliphatic heterocycles. The predicted molar refractivity (Wildman–Crippen MR) is 73.9 cm³/mol. The molecule has 7 heteroatoms. The highest BCUT2D eigenvalue weighted by atomic mass is 32.2. The summed E-state index contributed by atoms with van der Waals surface area (Å²) in [7, 11) is 0. The number of halogens is 2. The zero-order valence-corrected chi connectivity index (χ0v) is 11.7. The van der Waals surface area contributed by atoms with Gasteiger partial charge in [-0.3, -0.25) is 4.79 Å². The number of hydrogen-bond acceptors (Lipinski definition) is 4. The fourth-order valence-corrected chi connectivity index (χ4v) is 2.10. The second kappa shape index (κ2) is 9.55. The number of rotatable bonds is 9. The molecule has 2 N–H and O–H groups in total. The Bertz CT molecular complexity index is 432. The number of aliphatic hydroxyl groups excluding tert-OH is 1. The highest BCUT2D eigenvalue weighted by molar-refractivity contribution is 7.99. The van der Waals surface area contributed by atoms with Crippen LogP contribution >= 0.6 is 11.8 Å². The van der Waals surface area contributed by atoms with Crippen molar-refractivity contribution in [2.75, 3.05) is 31.3 Å². The van der Waals surface area contributed by atoms with Gasteiger partial charge in [0.05, 0.1) is 0 Å². The van der Waals surface area contributed by atoms with Crippen LogP contribution in [0.2, 0.25) is 0 Å². The molecule has 0 atom stereocenters. The maximum absolute atomic E-state index is 13.2. The molecule has 20 heavy (non-hydrogen) atoms. The van der Waals surface area contributed by atoms with Crippen LogP contribution in [0.4, 0.5) is 8.78 Å². The molecule has 4 nitrogen and oxygen atoms in total. The maximum Gasteiger partial charge on any atom is 0.257 e. The van der Waals surface area contributed by atoms with Gasteiger partial charge in [-0.05, 0) is 24.3 Å². The number of hydrogen-bond donors (Lipinski definition) is 2. The van der Waals surface area contributed by atoms with Crippen molar-refractivity contribution in [2.24, 2.45) is 0 Å². The Morgan fingerprint density at radius 2 is 2.15 bits per heavy atom. The van der Waals surface area contributed by atoms with Crippen molar-refractivity contribution in [3.05, 3.63) is 29.8 Å². The molecular formula is C13H17F2NO3S. The van der Waals surface area contributed by atoms with Crippen LogP contribution in [0, 0.1) is 11.6 Å². The molecule has 1 rings (SSSR count). The summed E-state index contributed by atoms with van der Waals surface area (Å²) in [6, 6.07) is 2.90. The van der Waals surface area contributed by atoms with E-state index in [0.717, 1.165) is 30.1 Å². The first-order valence-electron chi connectivity index (χ1n) is 6.16. The van der Waals surface area contributed by atoms with Crippen molar-refractivity contribution in [3.8, 4) is 5.75 Å². The molecule has 0 bridgehead atoms. The van der Waals surface area contributed by atoms with Crippen LogP contribution in [0.25, 0.3) is 0 Å². The minimum atomic E-state index is -0.836. The lowest BCUT2D eigenvalue weighted by Gasteiger charge is -2.08. The fraction of sp³-hybridized carbons (Fsp3) is 0.462. The predicted octanol–water partition coefficient (Wildman–Crippen LogP) is 1.58. The van der Waals surface area contributed by atoms with Gasteiger partial charge in [0.25, 0.3) is 5.91 Å². The molecule has 112 valence electrons. The van der Waals surface area contributed by atoms with E-state index in [0.29, 0.717) is 12.6 Å². The lowest BCUT2D eigenvalue weighted by molar-refractivity contribution is -0.123. The Hall–Kier alpha value is -1.34. The molecule has 0 radical (unpaired) electrons. The third-order valence-corrected chi connectivity index (χ3v) is 3.34. The number of ether oxygens (including phenoxy) is 1. The van der Waals surface area contributed by atoms with Gasteiger partial charge in [0.2, 0.25) is 0 Å². The molecule has 0 aromatic heterocycles. The highest BCUT2D eigenvalue weighted by Gasteiger charge is 2.07. The summed E-state index contributed by atoms with van der Waals surface area (Å²) in [5, 5.41) is 11.2. The average Bonchev–Trinajstić information content (AvgIpc) is 2.41. The Morgan fingerprint density at radius 3 is 2.85 bits per heavy atom. The van der Waals surface area contributed by atoms with Gasteiger partial charge < -0.3 is 15.2 Å². The molecule has 1 amide bonds. The first-order chi connectivity index (χ1) is 9.63. The van der Waals surface area contributed by atoms with Crippen molar-refractivity contribution < 1.29 is 23.4 Å². The molecule has 0 fully saturated rings. The highest BCUT2D eigenvalue weighted by Crippen LogP contribution is 2.17. The zero-order chi connectivity index (χ0) is 14.8. The van der Waals surface area contributed by atoms with Gasteiger partial charge in [-0.15, -0.1) is 0 Å². The number of carbonyl (C=O) groups is 1. The van der Waals surface area contributed by atoms with Crippen LogP contribution in [-0.4, -0.2) is 42.3 Å². The van der Waals surface area contributed by atoms with Crippen LogP contribution < -0.4 is 10.1 Å². The molecule has 1 aromatic carbocycles. The molecule has 0 heterocycles. The Labute approximate surface area is 120 Å². The Balaban J connectivity index is 2.16. The molecule has 1 aromatic rings. The van der Waals surface area contributed by atoms with Gasteiger partial charge in [-0.1, -0.05) is 0 Å². The van der Waals surface area contributed by atoms with E-state index in [1.54, 1.807) is 11.8 Å². The van der Waals surface area contributed by atoms with Crippen LogP contribution in [0.3, 0.4) is 0 Å².